The van der Waals surface area contributed by atoms with Gasteiger partial charge in [0.2, 0.25) is 0 Å². The zero-order valence-corrected chi connectivity index (χ0v) is 10.8. The van der Waals surface area contributed by atoms with Crippen molar-refractivity contribution in [3.8, 4) is 0 Å². The Balaban J connectivity index is 2.22. The van der Waals surface area contributed by atoms with Gasteiger partial charge in [0.05, 0.1) is 5.92 Å². The normalized spacial score (nSPS) is 22.4. The Labute approximate surface area is 110 Å². The zero-order valence-electron chi connectivity index (χ0n) is 10.8. The Bertz CT molecular complexity index is 431. The number of pyridine rings is 1. The van der Waals surface area contributed by atoms with E-state index in [4.69, 9.17) is 5.73 Å². The molecule has 1 aliphatic rings. The molecule has 1 fully saturated rings. The van der Waals surface area contributed by atoms with Gasteiger partial charge >= 0.3 is 6.18 Å². The van der Waals surface area contributed by atoms with Gasteiger partial charge in [-0.2, -0.15) is 13.2 Å². The number of anilines is 1. The molecule has 1 aromatic rings. The molecule has 3 nitrogen and oxygen atoms in total. The van der Waals surface area contributed by atoms with Crippen molar-refractivity contribution >= 4 is 5.82 Å². The van der Waals surface area contributed by atoms with E-state index in [2.05, 4.69) is 4.98 Å². The Morgan fingerprint density at radius 2 is 2.21 bits per heavy atom. The molecule has 2 atom stereocenters. The lowest BCUT2D eigenvalue weighted by molar-refractivity contribution is -0.176. The van der Waals surface area contributed by atoms with E-state index in [1.54, 1.807) is 17.2 Å². The maximum Gasteiger partial charge on any atom is 0.393 e. The van der Waals surface area contributed by atoms with Crippen LogP contribution in [-0.2, 0) is 0 Å². The number of aromatic nitrogens is 1. The molecule has 0 spiro atoms. The van der Waals surface area contributed by atoms with Crippen LogP contribution in [0, 0.1) is 5.92 Å². The lowest BCUT2D eigenvalue weighted by atomic mass is 9.96. The summed E-state index contributed by atoms with van der Waals surface area (Å²) in [6, 6.07) is 3.34. The van der Waals surface area contributed by atoms with Gasteiger partial charge in [-0.1, -0.05) is 6.07 Å². The summed E-state index contributed by atoms with van der Waals surface area (Å²) in [5.41, 5.74) is 6.65. The number of alkyl halides is 3. The molecule has 1 aliphatic heterocycles. The number of hydrogen-bond acceptors (Lipinski definition) is 3. The van der Waals surface area contributed by atoms with Crippen molar-refractivity contribution in [1.29, 1.82) is 0 Å². The molecule has 0 amide bonds. The molecule has 2 rings (SSSR count). The van der Waals surface area contributed by atoms with Crippen LogP contribution in [0.4, 0.5) is 19.0 Å². The Morgan fingerprint density at radius 1 is 1.47 bits per heavy atom. The average molecular weight is 273 g/mol. The van der Waals surface area contributed by atoms with Crippen molar-refractivity contribution in [3.63, 3.8) is 0 Å². The number of nitrogens with zero attached hydrogens (tertiary/aromatic N) is 2. The Morgan fingerprint density at radius 3 is 2.84 bits per heavy atom. The molecule has 0 radical (unpaired) electrons. The summed E-state index contributed by atoms with van der Waals surface area (Å²) in [4.78, 5) is 5.93. The van der Waals surface area contributed by atoms with Crippen LogP contribution in [0.15, 0.2) is 18.3 Å². The predicted octanol–water partition coefficient (Wildman–Crippen LogP) is 2.88. The molecular weight excluding hydrogens is 255 g/mol. The highest BCUT2D eigenvalue weighted by Gasteiger charge is 2.42. The van der Waals surface area contributed by atoms with E-state index in [9.17, 15) is 13.2 Å². The highest BCUT2D eigenvalue weighted by molar-refractivity contribution is 5.48. The molecule has 2 unspecified atom stereocenters. The summed E-state index contributed by atoms with van der Waals surface area (Å²) in [6.07, 6.45) is -1.82. The van der Waals surface area contributed by atoms with Crippen LogP contribution in [0.3, 0.4) is 0 Å². The number of halogens is 3. The first kappa shape index (κ1) is 14.1. The average Bonchev–Trinajstić information content (AvgIpc) is 2.38. The fourth-order valence-electron chi connectivity index (χ4n) is 2.47. The summed E-state index contributed by atoms with van der Waals surface area (Å²) in [5, 5.41) is 0. The van der Waals surface area contributed by atoms with E-state index in [0.29, 0.717) is 18.8 Å². The zero-order chi connectivity index (χ0) is 14.0. The van der Waals surface area contributed by atoms with Crippen LogP contribution in [0.5, 0.6) is 0 Å². The maximum absolute atomic E-state index is 12.8. The quantitative estimate of drug-likeness (QED) is 0.901. The van der Waals surface area contributed by atoms with Gasteiger partial charge in [-0.3, -0.25) is 0 Å². The van der Waals surface area contributed by atoms with E-state index in [1.165, 1.54) is 0 Å². The fourth-order valence-corrected chi connectivity index (χ4v) is 2.47. The standard InChI is InChI=1S/C13H18F3N3/c1-9(17)11-5-2-6-18-12(11)19-7-3-4-10(8-19)13(14,15)16/h2,5-6,9-10H,3-4,7-8,17H2,1H3. The number of nitrogens with two attached hydrogens (primary N) is 1. The SMILES string of the molecule is CC(N)c1cccnc1N1CCCC(C(F)(F)F)C1. The third kappa shape index (κ3) is 3.18. The van der Waals surface area contributed by atoms with Crippen molar-refractivity contribution in [2.45, 2.75) is 32.0 Å². The molecule has 2 N–H and O–H groups in total. The maximum atomic E-state index is 12.8. The van der Waals surface area contributed by atoms with E-state index < -0.39 is 12.1 Å². The molecular formula is C13H18F3N3. The second kappa shape index (κ2) is 5.36. The summed E-state index contributed by atoms with van der Waals surface area (Å²) < 4.78 is 38.5. The van der Waals surface area contributed by atoms with Gasteiger partial charge in [0.1, 0.15) is 5.82 Å². The number of piperidine rings is 1. The third-order valence-corrected chi connectivity index (χ3v) is 3.49. The van der Waals surface area contributed by atoms with Crippen LogP contribution in [0.1, 0.15) is 31.4 Å². The number of hydrogen-bond donors (Lipinski definition) is 1. The molecule has 6 heteroatoms. The molecule has 1 aromatic heterocycles. The summed E-state index contributed by atoms with van der Waals surface area (Å²) >= 11 is 0. The summed E-state index contributed by atoms with van der Waals surface area (Å²) in [5.74, 6) is -0.685. The van der Waals surface area contributed by atoms with Crippen LogP contribution in [0.2, 0.25) is 0 Å². The molecule has 19 heavy (non-hydrogen) atoms. The van der Waals surface area contributed by atoms with Crippen molar-refractivity contribution in [1.82, 2.24) is 4.98 Å². The molecule has 0 aromatic carbocycles. The van der Waals surface area contributed by atoms with Crippen molar-refractivity contribution < 1.29 is 13.2 Å². The van der Waals surface area contributed by atoms with Crippen LogP contribution < -0.4 is 10.6 Å². The first-order chi connectivity index (χ1) is 8.89. The second-order valence-corrected chi connectivity index (χ2v) is 5.03. The van der Waals surface area contributed by atoms with E-state index in [0.717, 1.165) is 5.56 Å². The second-order valence-electron chi connectivity index (χ2n) is 5.03. The molecule has 0 saturated carbocycles. The van der Waals surface area contributed by atoms with E-state index >= 15 is 0 Å². The summed E-state index contributed by atoms with van der Waals surface area (Å²) in [6.45, 7) is 2.38. The van der Waals surface area contributed by atoms with E-state index in [1.807, 2.05) is 13.0 Å². The molecule has 0 aliphatic carbocycles. The van der Waals surface area contributed by atoms with Gasteiger partial charge in [-0.15, -0.1) is 0 Å². The van der Waals surface area contributed by atoms with Crippen LogP contribution >= 0.6 is 0 Å². The van der Waals surface area contributed by atoms with Gasteiger partial charge in [-0.25, -0.2) is 4.98 Å². The van der Waals surface area contributed by atoms with Crippen molar-refractivity contribution in [2.24, 2.45) is 11.7 Å². The fraction of sp³-hybridized carbons (Fsp3) is 0.615. The molecule has 106 valence electrons. The van der Waals surface area contributed by atoms with Crippen molar-refractivity contribution in [2.75, 3.05) is 18.0 Å². The van der Waals surface area contributed by atoms with Gasteiger partial charge in [0.25, 0.3) is 0 Å². The van der Waals surface area contributed by atoms with Gasteiger partial charge in [0.15, 0.2) is 0 Å². The minimum atomic E-state index is -4.14. The minimum Gasteiger partial charge on any atom is -0.356 e. The molecule has 1 saturated heterocycles. The first-order valence-electron chi connectivity index (χ1n) is 6.41. The van der Waals surface area contributed by atoms with Crippen molar-refractivity contribution in [3.05, 3.63) is 23.9 Å². The predicted molar refractivity (Wildman–Crippen MR) is 67.8 cm³/mol. The molecule has 2 heterocycles. The van der Waals surface area contributed by atoms with Crippen LogP contribution in [-0.4, -0.2) is 24.2 Å². The first-order valence-corrected chi connectivity index (χ1v) is 6.41. The van der Waals surface area contributed by atoms with Gasteiger partial charge in [0, 0.05) is 30.9 Å². The van der Waals surface area contributed by atoms with E-state index in [-0.39, 0.29) is 19.0 Å². The Kier molecular flexibility index (Phi) is 3.99. The lowest BCUT2D eigenvalue weighted by Gasteiger charge is -2.35. The highest BCUT2D eigenvalue weighted by atomic mass is 19.4. The monoisotopic (exact) mass is 273 g/mol. The largest absolute Gasteiger partial charge is 0.393 e. The third-order valence-electron chi connectivity index (χ3n) is 3.49. The smallest absolute Gasteiger partial charge is 0.356 e. The molecule has 0 bridgehead atoms. The van der Waals surface area contributed by atoms with Gasteiger partial charge < -0.3 is 10.6 Å². The highest BCUT2D eigenvalue weighted by Crippen LogP contribution is 2.35. The lowest BCUT2D eigenvalue weighted by Crippen LogP contribution is -2.42. The minimum absolute atomic E-state index is 0.0275. The summed E-state index contributed by atoms with van der Waals surface area (Å²) in [7, 11) is 0. The van der Waals surface area contributed by atoms with Crippen LogP contribution in [0.25, 0.3) is 0 Å². The topological polar surface area (TPSA) is 42.1 Å². The Hall–Kier alpha value is -1.30. The number of rotatable bonds is 2. The van der Waals surface area contributed by atoms with Gasteiger partial charge in [-0.05, 0) is 25.8 Å².